The number of sulfonamides is 1. The van der Waals surface area contributed by atoms with Crippen molar-refractivity contribution in [1.82, 2.24) is 4.89 Å². The van der Waals surface area contributed by atoms with Gasteiger partial charge in [-0.1, -0.05) is 65.0 Å². The third kappa shape index (κ3) is 5.73. The summed E-state index contributed by atoms with van der Waals surface area (Å²) in [5, 5.41) is 10.0. The molecule has 0 aliphatic carbocycles. The van der Waals surface area contributed by atoms with Crippen LogP contribution in [0.5, 0.6) is 0 Å². The van der Waals surface area contributed by atoms with E-state index in [-0.39, 0.29) is 17.2 Å². The average Bonchev–Trinajstić information content (AvgIpc) is 2.82. The number of nitriles is 1. The summed E-state index contributed by atoms with van der Waals surface area (Å²) in [4.78, 5) is 10.2. The molecular formula is C25H24ClN3O3S. The van der Waals surface area contributed by atoms with E-state index in [4.69, 9.17) is 16.4 Å². The Balaban J connectivity index is 1.56. The maximum Gasteiger partial charge on any atom is 0.262 e. The van der Waals surface area contributed by atoms with E-state index in [2.05, 4.69) is 28.0 Å². The maximum atomic E-state index is 12.6. The van der Waals surface area contributed by atoms with Crippen LogP contribution < -0.4 is 9.79 Å². The van der Waals surface area contributed by atoms with Crippen molar-refractivity contribution in [3.63, 3.8) is 0 Å². The fraction of sp³-hybridized carbons (Fsp3) is 0.240. The standard InChI is InChI=1S/C25H24ClN3O3S/c26-22-11-12-24-20(16-22)15-21(18-29(24)17-19-7-3-1-4-8-19)25(13-14-27)32-28-33(30,31)23-9-5-2-6-10-23/h1-12,16,21,25,28H,13,15,17-18H2. The Bertz CT molecular complexity index is 1230. The highest BCUT2D eigenvalue weighted by atomic mass is 35.5. The molecule has 8 heteroatoms. The van der Waals surface area contributed by atoms with Crippen LogP contribution in [0.1, 0.15) is 17.5 Å². The minimum atomic E-state index is -3.86. The van der Waals surface area contributed by atoms with Gasteiger partial charge in [0, 0.05) is 29.7 Å². The number of nitrogens with zero attached hydrogens (tertiary/aromatic N) is 2. The van der Waals surface area contributed by atoms with E-state index in [9.17, 15) is 13.7 Å². The van der Waals surface area contributed by atoms with Crippen LogP contribution in [0.25, 0.3) is 0 Å². The molecule has 4 rings (SSSR count). The summed E-state index contributed by atoms with van der Waals surface area (Å²) < 4.78 is 25.3. The van der Waals surface area contributed by atoms with E-state index >= 15 is 0 Å². The van der Waals surface area contributed by atoms with Gasteiger partial charge in [-0.25, -0.2) is 8.42 Å². The Morgan fingerprint density at radius 1 is 1.09 bits per heavy atom. The molecule has 1 heterocycles. The molecule has 0 aromatic heterocycles. The lowest BCUT2D eigenvalue weighted by Gasteiger charge is -2.38. The lowest BCUT2D eigenvalue weighted by Crippen LogP contribution is -2.43. The molecule has 0 amide bonds. The first-order valence-electron chi connectivity index (χ1n) is 10.6. The van der Waals surface area contributed by atoms with Crippen LogP contribution in [0.3, 0.4) is 0 Å². The van der Waals surface area contributed by atoms with Gasteiger partial charge in [0.05, 0.1) is 23.5 Å². The van der Waals surface area contributed by atoms with Crippen molar-refractivity contribution in [1.29, 1.82) is 5.26 Å². The lowest BCUT2D eigenvalue weighted by atomic mass is 9.87. The van der Waals surface area contributed by atoms with E-state index in [0.29, 0.717) is 24.5 Å². The Labute approximate surface area is 199 Å². The van der Waals surface area contributed by atoms with Gasteiger partial charge < -0.3 is 4.90 Å². The van der Waals surface area contributed by atoms with Gasteiger partial charge in [0.2, 0.25) is 0 Å². The smallest absolute Gasteiger partial charge is 0.262 e. The molecule has 6 nitrogen and oxygen atoms in total. The summed E-state index contributed by atoms with van der Waals surface area (Å²) >= 11 is 6.27. The van der Waals surface area contributed by atoms with Crippen molar-refractivity contribution in [2.24, 2.45) is 5.92 Å². The molecular weight excluding hydrogens is 458 g/mol. The molecule has 1 aliphatic rings. The first kappa shape index (κ1) is 23.3. The largest absolute Gasteiger partial charge is 0.367 e. The second kappa shape index (κ2) is 10.4. The number of rotatable bonds is 8. The maximum absolute atomic E-state index is 12.6. The van der Waals surface area contributed by atoms with Gasteiger partial charge in [-0.05, 0) is 47.9 Å². The SMILES string of the molecule is N#CCC(ONS(=O)(=O)c1ccccc1)C1Cc2cc(Cl)ccc2N(Cc2ccccc2)C1. The summed E-state index contributed by atoms with van der Waals surface area (Å²) in [6.07, 6.45) is 0.0522. The van der Waals surface area contributed by atoms with E-state index in [1.807, 2.05) is 36.4 Å². The average molecular weight is 482 g/mol. The number of anilines is 1. The first-order valence-corrected chi connectivity index (χ1v) is 12.5. The quantitative estimate of drug-likeness (QED) is 0.471. The van der Waals surface area contributed by atoms with Crippen molar-refractivity contribution >= 4 is 27.3 Å². The van der Waals surface area contributed by atoms with E-state index < -0.39 is 16.1 Å². The van der Waals surface area contributed by atoms with Gasteiger partial charge in [0.1, 0.15) is 0 Å². The van der Waals surface area contributed by atoms with Crippen LogP contribution in [0.15, 0.2) is 83.8 Å². The number of hydrogen-bond acceptors (Lipinski definition) is 5. The number of nitrogens with one attached hydrogen (secondary N) is 1. The van der Waals surface area contributed by atoms with Crippen LogP contribution in [-0.4, -0.2) is 21.1 Å². The second-order valence-electron chi connectivity index (χ2n) is 8.02. The molecule has 0 spiro atoms. The van der Waals surface area contributed by atoms with Gasteiger partial charge in [-0.3, -0.25) is 4.84 Å². The molecule has 3 aromatic rings. The fourth-order valence-corrected chi connectivity index (χ4v) is 5.18. The van der Waals surface area contributed by atoms with E-state index in [1.165, 1.54) is 12.1 Å². The molecule has 0 fully saturated rings. The molecule has 3 aromatic carbocycles. The second-order valence-corrected chi connectivity index (χ2v) is 10.1. The monoisotopic (exact) mass is 481 g/mol. The zero-order valence-corrected chi connectivity index (χ0v) is 19.5. The van der Waals surface area contributed by atoms with Crippen LogP contribution in [0, 0.1) is 17.2 Å². The van der Waals surface area contributed by atoms with Crippen molar-refractivity contribution < 1.29 is 13.3 Å². The first-order chi connectivity index (χ1) is 16.0. The number of benzene rings is 3. The minimum Gasteiger partial charge on any atom is -0.367 e. The van der Waals surface area contributed by atoms with Gasteiger partial charge in [0.25, 0.3) is 10.0 Å². The van der Waals surface area contributed by atoms with Crippen LogP contribution in [-0.2, 0) is 27.8 Å². The highest BCUT2D eigenvalue weighted by molar-refractivity contribution is 7.89. The zero-order chi connectivity index (χ0) is 23.3. The Morgan fingerprint density at radius 2 is 1.79 bits per heavy atom. The summed E-state index contributed by atoms with van der Waals surface area (Å²) in [7, 11) is -3.86. The van der Waals surface area contributed by atoms with Crippen molar-refractivity contribution in [2.45, 2.75) is 30.4 Å². The zero-order valence-electron chi connectivity index (χ0n) is 17.9. The molecule has 170 valence electrons. The van der Waals surface area contributed by atoms with Crippen LogP contribution >= 0.6 is 11.6 Å². The normalized spacial score (nSPS) is 16.6. The van der Waals surface area contributed by atoms with E-state index in [1.54, 1.807) is 18.2 Å². The third-order valence-corrected chi connectivity index (χ3v) is 7.16. The molecule has 0 saturated heterocycles. The molecule has 2 unspecified atom stereocenters. The number of hydrogen-bond donors (Lipinski definition) is 1. The highest BCUT2D eigenvalue weighted by Gasteiger charge is 2.32. The number of halogens is 1. The highest BCUT2D eigenvalue weighted by Crippen LogP contribution is 2.35. The Hall–Kier alpha value is -2.89. The Kier molecular flexibility index (Phi) is 7.31. The summed E-state index contributed by atoms with van der Waals surface area (Å²) in [5.41, 5.74) is 3.29. The summed E-state index contributed by atoms with van der Waals surface area (Å²) in [5.74, 6) is -0.113. The van der Waals surface area contributed by atoms with Gasteiger partial charge in [-0.15, -0.1) is 0 Å². The molecule has 0 saturated carbocycles. The molecule has 33 heavy (non-hydrogen) atoms. The summed E-state index contributed by atoms with van der Waals surface area (Å²) in [6.45, 7) is 1.30. The predicted molar refractivity (Wildman–Crippen MR) is 128 cm³/mol. The van der Waals surface area contributed by atoms with Gasteiger partial charge >= 0.3 is 0 Å². The lowest BCUT2D eigenvalue weighted by molar-refractivity contribution is -0.0154. The van der Waals surface area contributed by atoms with Gasteiger partial charge in [0.15, 0.2) is 0 Å². The molecule has 0 bridgehead atoms. The van der Waals surface area contributed by atoms with Crippen molar-refractivity contribution in [2.75, 3.05) is 11.4 Å². The van der Waals surface area contributed by atoms with Crippen LogP contribution in [0.2, 0.25) is 5.02 Å². The van der Waals surface area contributed by atoms with Crippen molar-refractivity contribution in [3.05, 3.63) is 95.0 Å². The Morgan fingerprint density at radius 3 is 2.48 bits per heavy atom. The molecule has 1 aliphatic heterocycles. The van der Waals surface area contributed by atoms with Crippen LogP contribution in [0.4, 0.5) is 5.69 Å². The van der Waals surface area contributed by atoms with Gasteiger partial charge in [-0.2, -0.15) is 5.26 Å². The predicted octanol–water partition coefficient (Wildman–Crippen LogP) is 4.71. The van der Waals surface area contributed by atoms with Crippen molar-refractivity contribution in [3.8, 4) is 6.07 Å². The minimum absolute atomic E-state index is 0.0526. The number of fused-ring (bicyclic) bond motifs is 1. The molecule has 1 N–H and O–H groups in total. The third-order valence-electron chi connectivity index (χ3n) is 5.72. The van der Waals surface area contributed by atoms with E-state index in [0.717, 1.165) is 16.8 Å². The molecule has 0 radical (unpaired) electrons. The fourth-order valence-electron chi connectivity index (χ4n) is 4.12. The molecule has 2 atom stereocenters. The topological polar surface area (TPSA) is 82.4 Å². The summed E-state index contributed by atoms with van der Waals surface area (Å²) in [6, 6.07) is 26.1.